The Morgan fingerprint density at radius 1 is 1.41 bits per heavy atom. The first-order valence-electron chi connectivity index (χ1n) is 6.09. The van der Waals surface area contributed by atoms with E-state index < -0.39 is 0 Å². The Labute approximate surface area is 103 Å². The first kappa shape index (κ1) is 13.5. The summed E-state index contributed by atoms with van der Waals surface area (Å²) < 4.78 is 5.21. The molecule has 0 spiro atoms. The van der Waals surface area contributed by atoms with Gasteiger partial charge in [0.1, 0.15) is 5.75 Å². The minimum Gasteiger partial charge on any atom is -0.423 e. The van der Waals surface area contributed by atoms with Crippen LogP contribution in [-0.4, -0.2) is 5.97 Å². The molecule has 1 aromatic carbocycles. The van der Waals surface area contributed by atoms with E-state index in [2.05, 4.69) is 19.9 Å². The fourth-order valence-electron chi connectivity index (χ4n) is 1.57. The van der Waals surface area contributed by atoms with Gasteiger partial charge in [-0.1, -0.05) is 39.0 Å². The maximum atomic E-state index is 11.4. The third-order valence-electron chi connectivity index (χ3n) is 2.25. The van der Waals surface area contributed by atoms with Gasteiger partial charge < -0.3 is 4.74 Å². The summed E-state index contributed by atoms with van der Waals surface area (Å²) in [6.07, 6.45) is 5.09. The summed E-state index contributed by atoms with van der Waals surface area (Å²) in [7, 11) is 0. The highest BCUT2D eigenvalue weighted by atomic mass is 16.5. The van der Waals surface area contributed by atoms with Gasteiger partial charge in [0, 0.05) is 6.08 Å². The van der Waals surface area contributed by atoms with Crippen LogP contribution in [0.15, 0.2) is 36.4 Å². The summed E-state index contributed by atoms with van der Waals surface area (Å²) in [5.41, 5.74) is 1.20. The third-order valence-corrected chi connectivity index (χ3v) is 2.25. The Morgan fingerprint density at radius 2 is 2.18 bits per heavy atom. The second kappa shape index (κ2) is 6.89. The molecule has 0 saturated heterocycles. The summed E-state index contributed by atoms with van der Waals surface area (Å²) in [4.78, 5) is 11.4. The number of esters is 1. The standard InChI is InChI=1S/C15H20O2/c1-4-5-9-15(16)17-14-8-6-7-13(11-14)10-12(2)3/h5-9,11-12H,4,10H2,1-3H3. The van der Waals surface area contributed by atoms with Crippen LogP contribution in [0.25, 0.3) is 0 Å². The molecule has 0 aliphatic heterocycles. The molecular weight excluding hydrogens is 212 g/mol. The number of carbonyl (C=O) groups is 1. The lowest BCUT2D eigenvalue weighted by molar-refractivity contribution is -0.129. The lowest BCUT2D eigenvalue weighted by Gasteiger charge is -2.07. The van der Waals surface area contributed by atoms with E-state index in [1.54, 1.807) is 6.08 Å². The molecule has 2 nitrogen and oxygen atoms in total. The van der Waals surface area contributed by atoms with E-state index in [1.165, 1.54) is 11.6 Å². The summed E-state index contributed by atoms with van der Waals surface area (Å²) >= 11 is 0. The lowest BCUT2D eigenvalue weighted by Crippen LogP contribution is -2.04. The molecule has 0 aliphatic rings. The van der Waals surface area contributed by atoms with Crippen molar-refractivity contribution in [2.24, 2.45) is 5.92 Å². The average Bonchev–Trinajstić information content (AvgIpc) is 2.26. The van der Waals surface area contributed by atoms with E-state index in [9.17, 15) is 4.79 Å². The van der Waals surface area contributed by atoms with Crippen LogP contribution < -0.4 is 4.74 Å². The van der Waals surface area contributed by atoms with Crippen molar-refractivity contribution in [2.45, 2.75) is 33.6 Å². The number of hydrogen-bond acceptors (Lipinski definition) is 2. The molecule has 0 unspecified atom stereocenters. The number of hydrogen-bond donors (Lipinski definition) is 0. The van der Waals surface area contributed by atoms with Gasteiger partial charge in [-0.3, -0.25) is 0 Å². The van der Waals surface area contributed by atoms with E-state index >= 15 is 0 Å². The second-order valence-corrected chi connectivity index (χ2v) is 4.48. The topological polar surface area (TPSA) is 26.3 Å². The Hall–Kier alpha value is -1.57. The number of ether oxygens (including phenoxy) is 1. The molecule has 0 bridgehead atoms. The van der Waals surface area contributed by atoms with Crippen molar-refractivity contribution < 1.29 is 9.53 Å². The molecule has 0 atom stereocenters. The van der Waals surface area contributed by atoms with Crippen LogP contribution in [0.4, 0.5) is 0 Å². The zero-order valence-electron chi connectivity index (χ0n) is 10.8. The van der Waals surface area contributed by atoms with Gasteiger partial charge in [0.25, 0.3) is 0 Å². The van der Waals surface area contributed by atoms with Gasteiger partial charge >= 0.3 is 5.97 Å². The van der Waals surface area contributed by atoms with Crippen LogP contribution in [0.3, 0.4) is 0 Å². The summed E-state index contributed by atoms with van der Waals surface area (Å²) in [6.45, 7) is 6.32. The maximum Gasteiger partial charge on any atom is 0.335 e. The highest BCUT2D eigenvalue weighted by Crippen LogP contribution is 2.16. The molecule has 0 aliphatic carbocycles. The van der Waals surface area contributed by atoms with Crippen molar-refractivity contribution >= 4 is 5.97 Å². The van der Waals surface area contributed by atoms with Gasteiger partial charge in [-0.25, -0.2) is 4.79 Å². The van der Waals surface area contributed by atoms with Crippen molar-refractivity contribution in [2.75, 3.05) is 0 Å². The minimum absolute atomic E-state index is 0.312. The van der Waals surface area contributed by atoms with E-state index in [-0.39, 0.29) is 5.97 Å². The van der Waals surface area contributed by atoms with Crippen LogP contribution >= 0.6 is 0 Å². The first-order valence-corrected chi connectivity index (χ1v) is 6.09. The molecule has 2 heteroatoms. The van der Waals surface area contributed by atoms with Gasteiger partial charge in [0.2, 0.25) is 0 Å². The van der Waals surface area contributed by atoms with E-state index in [0.29, 0.717) is 11.7 Å². The second-order valence-electron chi connectivity index (χ2n) is 4.48. The van der Waals surface area contributed by atoms with E-state index in [4.69, 9.17) is 4.74 Å². The molecule has 1 rings (SSSR count). The molecule has 1 aromatic rings. The van der Waals surface area contributed by atoms with Gasteiger partial charge in [-0.05, 0) is 36.5 Å². The van der Waals surface area contributed by atoms with Crippen LogP contribution in [0.1, 0.15) is 32.8 Å². The van der Waals surface area contributed by atoms with E-state index in [1.807, 2.05) is 25.1 Å². The Morgan fingerprint density at radius 3 is 2.82 bits per heavy atom. The zero-order chi connectivity index (χ0) is 12.7. The predicted molar refractivity (Wildman–Crippen MR) is 70.1 cm³/mol. The quantitative estimate of drug-likeness (QED) is 0.439. The summed E-state index contributed by atoms with van der Waals surface area (Å²) in [5.74, 6) is 0.906. The minimum atomic E-state index is -0.312. The molecule has 92 valence electrons. The maximum absolute atomic E-state index is 11.4. The highest BCUT2D eigenvalue weighted by Gasteiger charge is 2.03. The van der Waals surface area contributed by atoms with Crippen LogP contribution in [0.5, 0.6) is 5.75 Å². The fourth-order valence-corrected chi connectivity index (χ4v) is 1.57. The normalized spacial score (nSPS) is 11.1. The van der Waals surface area contributed by atoms with Crippen molar-refractivity contribution in [1.82, 2.24) is 0 Å². The molecule has 17 heavy (non-hydrogen) atoms. The van der Waals surface area contributed by atoms with Gasteiger partial charge in [-0.2, -0.15) is 0 Å². The first-order chi connectivity index (χ1) is 8.11. The fraction of sp³-hybridized carbons (Fsp3) is 0.400. The number of benzene rings is 1. The van der Waals surface area contributed by atoms with Gasteiger partial charge in [0.15, 0.2) is 0 Å². The molecule has 0 N–H and O–H groups in total. The molecule has 0 radical (unpaired) electrons. The van der Waals surface area contributed by atoms with Gasteiger partial charge in [0.05, 0.1) is 0 Å². The van der Waals surface area contributed by atoms with Crippen molar-refractivity contribution in [1.29, 1.82) is 0 Å². The van der Waals surface area contributed by atoms with Crippen molar-refractivity contribution in [3.8, 4) is 5.75 Å². The van der Waals surface area contributed by atoms with Crippen molar-refractivity contribution in [3.63, 3.8) is 0 Å². The molecule has 0 fully saturated rings. The predicted octanol–water partition coefficient (Wildman–Crippen LogP) is 3.76. The summed E-state index contributed by atoms with van der Waals surface area (Å²) in [6, 6.07) is 7.71. The highest BCUT2D eigenvalue weighted by molar-refractivity contribution is 5.83. The largest absolute Gasteiger partial charge is 0.423 e. The average molecular weight is 232 g/mol. The van der Waals surface area contributed by atoms with Gasteiger partial charge in [-0.15, -0.1) is 0 Å². The van der Waals surface area contributed by atoms with Crippen LogP contribution in [-0.2, 0) is 11.2 Å². The Bertz CT molecular complexity index is 392. The Balaban J connectivity index is 2.65. The molecule has 0 saturated carbocycles. The van der Waals surface area contributed by atoms with Crippen molar-refractivity contribution in [3.05, 3.63) is 42.0 Å². The summed E-state index contributed by atoms with van der Waals surface area (Å²) in [5, 5.41) is 0. The zero-order valence-corrected chi connectivity index (χ0v) is 10.8. The Kier molecular flexibility index (Phi) is 5.47. The molecule has 0 amide bonds. The number of rotatable bonds is 5. The van der Waals surface area contributed by atoms with Crippen LogP contribution in [0, 0.1) is 5.92 Å². The SMILES string of the molecule is CCC=CC(=O)Oc1cccc(CC(C)C)c1. The molecular formula is C15H20O2. The number of allylic oxidation sites excluding steroid dienone is 1. The van der Waals surface area contributed by atoms with Crippen LogP contribution in [0.2, 0.25) is 0 Å². The molecule has 0 aromatic heterocycles. The number of carbonyl (C=O) groups excluding carboxylic acids is 1. The lowest BCUT2D eigenvalue weighted by atomic mass is 10.0. The third kappa shape index (κ3) is 5.34. The monoisotopic (exact) mass is 232 g/mol. The van der Waals surface area contributed by atoms with E-state index in [0.717, 1.165) is 12.8 Å². The molecule has 0 heterocycles. The smallest absolute Gasteiger partial charge is 0.335 e.